The standard InChI is InChI=1S/C31H40N4O5/c1-20(2)21-11-13-23(14-12-21)35-28(22-15-17-34(18-16-22)30(37)40-31(3,4)5)24(19-32-35)29(36)33-27-25(38-6)9-8-10-26(27)39-7/h8-14,19-20,22H,15-18H2,1-7H3,(H,33,36). The summed E-state index contributed by atoms with van der Waals surface area (Å²) in [7, 11) is 3.10. The summed E-state index contributed by atoms with van der Waals surface area (Å²) in [6.07, 6.45) is 2.65. The van der Waals surface area contributed by atoms with E-state index >= 15 is 0 Å². The predicted octanol–water partition coefficient (Wildman–Crippen LogP) is 6.38. The molecule has 2 heterocycles. The molecule has 1 saturated heterocycles. The minimum atomic E-state index is -0.556. The first-order chi connectivity index (χ1) is 19.0. The second-order valence-electron chi connectivity index (χ2n) is 11.3. The fourth-order valence-electron chi connectivity index (χ4n) is 4.95. The number of piperidine rings is 1. The first-order valence-electron chi connectivity index (χ1n) is 13.7. The van der Waals surface area contributed by atoms with Gasteiger partial charge in [-0.3, -0.25) is 4.79 Å². The number of carbonyl (C=O) groups excluding carboxylic acids is 2. The van der Waals surface area contributed by atoms with Crippen molar-refractivity contribution in [2.24, 2.45) is 0 Å². The number of aromatic nitrogens is 2. The van der Waals surface area contributed by atoms with Gasteiger partial charge >= 0.3 is 6.09 Å². The van der Waals surface area contributed by atoms with E-state index in [9.17, 15) is 9.59 Å². The first-order valence-corrected chi connectivity index (χ1v) is 13.7. The lowest BCUT2D eigenvalue weighted by molar-refractivity contribution is 0.0203. The molecule has 1 N–H and O–H groups in total. The van der Waals surface area contributed by atoms with Gasteiger partial charge in [-0.25, -0.2) is 9.48 Å². The number of hydrogen-bond donors (Lipinski definition) is 1. The number of anilines is 1. The molecule has 1 fully saturated rings. The molecule has 2 amide bonds. The number of rotatable bonds is 7. The molecule has 0 atom stereocenters. The smallest absolute Gasteiger partial charge is 0.410 e. The largest absolute Gasteiger partial charge is 0.494 e. The van der Waals surface area contributed by atoms with Crippen molar-refractivity contribution < 1.29 is 23.8 Å². The molecule has 9 nitrogen and oxygen atoms in total. The maximum Gasteiger partial charge on any atom is 0.410 e. The van der Waals surface area contributed by atoms with E-state index in [1.165, 1.54) is 5.56 Å². The lowest BCUT2D eigenvalue weighted by Gasteiger charge is -2.34. The molecule has 0 bridgehead atoms. The SMILES string of the molecule is COc1cccc(OC)c1NC(=O)c1cnn(-c2ccc(C(C)C)cc2)c1C1CCN(C(=O)OC(C)(C)C)CC1. The maximum atomic E-state index is 13.8. The number of para-hydroxylation sites is 1. The van der Waals surface area contributed by atoms with E-state index in [0.717, 1.165) is 11.4 Å². The Morgan fingerprint density at radius 2 is 1.57 bits per heavy atom. The summed E-state index contributed by atoms with van der Waals surface area (Å²) < 4.78 is 18.4. The Bertz CT molecular complexity index is 1310. The Morgan fingerprint density at radius 3 is 2.10 bits per heavy atom. The van der Waals surface area contributed by atoms with Crippen molar-refractivity contribution in [3.8, 4) is 17.2 Å². The van der Waals surface area contributed by atoms with Crippen LogP contribution in [0.4, 0.5) is 10.5 Å². The quantitative estimate of drug-likeness (QED) is 0.368. The Labute approximate surface area is 236 Å². The fraction of sp³-hybridized carbons (Fsp3) is 0.452. The van der Waals surface area contributed by atoms with Crippen molar-refractivity contribution in [3.63, 3.8) is 0 Å². The summed E-state index contributed by atoms with van der Waals surface area (Å²) in [4.78, 5) is 28.2. The molecule has 0 saturated carbocycles. The zero-order valence-corrected chi connectivity index (χ0v) is 24.5. The van der Waals surface area contributed by atoms with Crippen LogP contribution in [0, 0.1) is 0 Å². The van der Waals surface area contributed by atoms with Crippen LogP contribution in [0.25, 0.3) is 5.69 Å². The van der Waals surface area contributed by atoms with Crippen molar-refractivity contribution in [2.75, 3.05) is 32.6 Å². The summed E-state index contributed by atoms with van der Waals surface area (Å²) in [5, 5.41) is 7.67. The highest BCUT2D eigenvalue weighted by Crippen LogP contribution is 2.37. The number of amides is 2. The minimum absolute atomic E-state index is 0.00581. The molecular formula is C31H40N4O5. The van der Waals surface area contributed by atoms with Gasteiger partial charge in [0.15, 0.2) is 0 Å². The van der Waals surface area contributed by atoms with Gasteiger partial charge in [-0.15, -0.1) is 0 Å². The topological polar surface area (TPSA) is 94.9 Å². The summed E-state index contributed by atoms with van der Waals surface area (Å²) in [6, 6.07) is 13.6. The van der Waals surface area contributed by atoms with Gasteiger partial charge in [-0.05, 0) is 69.4 Å². The highest BCUT2D eigenvalue weighted by Gasteiger charge is 2.32. The Morgan fingerprint density at radius 1 is 0.975 bits per heavy atom. The molecule has 2 aromatic carbocycles. The third kappa shape index (κ3) is 6.41. The fourth-order valence-corrected chi connectivity index (χ4v) is 4.95. The highest BCUT2D eigenvalue weighted by atomic mass is 16.6. The average molecular weight is 549 g/mol. The summed E-state index contributed by atoms with van der Waals surface area (Å²) >= 11 is 0. The van der Waals surface area contributed by atoms with Crippen LogP contribution in [-0.4, -0.2) is 59.6 Å². The first kappa shape index (κ1) is 29.0. The Balaban J connectivity index is 1.67. The number of nitrogens with zero attached hydrogens (tertiary/aromatic N) is 3. The van der Waals surface area contributed by atoms with E-state index in [1.54, 1.807) is 43.5 Å². The summed E-state index contributed by atoms with van der Waals surface area (Å²) in [6.45, 7) is 11.0. The lowest BCUT2D eigenvalue weighted by atomic mass is 9.90. The summed E-state index contributed by atoms with van der Waals surface area (Å²) in [5.74, 6) is 1.09. The molecule has 3 aromatic rings. The number of ether oxygens (including phenoxy) is 3. The monoisotopic (exact) mass is 548 g/mol. The van der Waals surface area contributed by atoms with Crippen LogP contribution < -0.4 is 14.8 Å². The highest BCUT2D eigenvalue weighted by molar-refractivity contribution is 6.06. The van der Waals surface area contributed by atoms with Crippen molar-refractivity contribution in [2.45, 2.75) is 64.9 Å². The van der Waals surface area contributed by atoms with Crippen LogP contribution in [0.15, 0.2) is 48.7 Å². The zero-order valence-electron chi connectivity index (χ0n) is 24.5. The second-order valence-corrected chi connectivity index (χ2v) is 11.3. The van der Waals surface area contributed by atoms with Gasteiger partial charge in [0.2, 0.25) is 0 Å². The average Bonchev–Trinajstić information content (AvgIpc) is 3.37. The third-order valence-electron chi connectivity index (χ3n) is 7.06. The van der Waals surface area contributed by atoms with E-state index in [0.29, 0.717) is 54.6 Å². The van der Waals surface area contributed by atoms with Gasteiger partial charge in [0.05, 0.1) is 37.4 Å². The Kier molecular flexibility index (Phi) is 8.71. The van der Waals surface area contributed by atoms with E-state index < -0.39 is 5.60 Å². The number of hydrogen-bond acceptors (Lipinski definition) is 6. The number of carbonyl (C=O) groups is 2. The lowest BCUT2D eigenvalue weighted by Crippen LogP contribution is -2.41. The van der Waals surface area contributed by atoms with Crippen LogP contribution in [0.1, 0.15) is 80.9 Å². The molecule has 40 heavy (non-hydrogen) atoms. The zero-order chi connectivity index (χ0) is 29.0. The van der Waals surface area contributed by atoms with Crippen molar-refractivity contribution >= 4 is 17.7 Å². The van der Waals surface area contributed by atoms with E-state index in [2.05, 4.69) is 36.4 Å². The molecule has 214 valence electrons. The summed E-state index contributed by atoms with van der Waals surface area (Å²) in [5.41, 5.74) is 3.29. The second kappa shape index (κ2) is 12.0. The van der Waals surface area contributed by atoms with Crippen LogP contribution in [0.5, 0.6) is 11.5 Å². The van der Waals surface area contributed by atoms with Crippen molar-refractivity contribution in [1.29, 1.82) is 0 Å². The van der Waals surface area contributed by atoms with Gasteiger partial charge in [-0.2, -0.15) is 5.10 Å². The molecule has 1 aliphatic heterocycles. The van der Waals surface area contributed by atoms with Gasteiger partial charge in [-0.1, -0.05) is 32.0 Å². The van der Waals surface area contributed by atoms with Crippen LogP contribution >= 0.6 is 0 Å². The number of methoxy groups -OCH3 is 2. The predicted molar refractivity (Wildman–Crippen MR) is 155 cm³/mol. The van der Waals surface area contributed by atoms with Crippen molar-refractivity contribution in [1.82, 2.24) is 14.7 Å². The number of benzene rings is 2. The minimum Gasteiger partial charge on any atom is -0.494 e. The molecule has 0 spiro atoms. The molecule has 0 aliphatic carbocycles. The van der Waals surface area contributed by atoms with Gasteiger partial charge in [0, 0.05) is 19.0 Å². The molecular weight excluding hydrogens is 508 g/mol. The van der Waals surface area contributed by atoms with Crippen LogP contribution in [0.3, 0.4) is 0 Å². The van der Waals surface area contributed by atoms with Gasteiger partial charge in [0.1, 0.15) is 22.8 Å². The maximum absolute atomic E-state index is 13.8. The Hall–Kier alpha value is -4.01. The van der Waals surface area contributed by atoms with Crippen LogP contribution in [0.2, 0.25) is 0 Å². The molecule has 1 aromatic heterocycles. The van der Waals surface area contributed by atoms with Gasteiger partial charge in [0.25, 0.3) is 5.91 Å². The third-order valence-corrected chi connectivity index (χ3v) is 7.06. The van der Waals surface area contributed by atoms with Crippen molar-refractivity contribution in [3.05, 3.63) is 65.5 Å². The van der Waals surface area contributed by atoms with E-state index in [4.69, 9.17) is 14.2 Å². The van der Waals surface area contributed by atoms with Gasteiger partial charge < -0.3 is 24.4 Å². The van der Waals surface area contributed by atoms with E-state index in [-0.39, 0.29) is 17.9 Å². The number of likely N-dealkylation sites (tertiary alicyclic amines) is 1. The molecule has 0 unspecified atom stereocenters. The molecule has 1 aliphatic rings. The van der Waals surface area contributed by atoms with Crippen LogP contribution in [-0.2, 0) is 4.74 Å². The molecule has 9 heteroatoms. The number of nitrogens with one attached hydrogen (secondary N) is 1. The normalized spacial score (nSPS) is 14.2. The van der Waals surface area contributed by atoms with E-state index in [1.807, 2.05) is 37.6 Å². The molecule has 0 radical (unpaired) electrons. The molecule has 4 rings (SSSR count).